The summed E-state index contributed by atoms with van der Waals surface area (Å²) in [5.74, 6) is 2.07. The Hall–Kier alpha value is -2.48. The van der Waals surface area contributed by atoms with Gasteiger partial charge in [-0.1, -0.05) is 6.07 Å². The molecule has 1 amide bonds. The average molecular weight is 437 g/mol. The summed E-state index contributed by atoms with van der Waals surface area (Å²) in [5, 5.41) is 0. The van der Waals surface area contributed by atoms with Gasteiger partial charge in [0.25, 0.3) is 5.91 Å². The van der Waals surface area contributed by atoms with Crippen molar-refractivity contribution in [3.63, 3.8) is 0 Å². The lowest BCUT2D eigenvalue weighted by atomic mass is 10.1. The molecule has 2 N–H and O–H groups in total. The van der Waals surface area contributed by atoms with Crippen LogP contribution in [0.5, 0.6) is 23.0 Å². The molecule has 1 aliphatic heterocycles. The van der Waals surface area contributed by atoms with Crippen LogP contribution in [0.25, 0.3) is 0 Å². The minimum Gasteiger partial charge on any atom is -0.493 e. The highest BCUT2D eigenvalue weighted by Gasteiger charge is 2.29. The van der Waals surface area contributed by atoms with Crippen LogP contribution in [-0.4, -0.2) is 51.3 Å². The maximum atomic E-state index is 13.0. The van der Waals surface area contributed by atoms with E-state index in [0.29, 0.717) is 41.7 Å². The summed E-state index contributed by atoms with van der Waals surface area (Å²) in [7, 11) is 4.78. The maximum absolute atomic E-state index is 13.0. The molecule has 1 atom stereocenters. The van der Waals surface area contributed by atoms with Crippen LogP contribution in [0.15, 0.2) is 36.4 Å². The van der Waals surface area contributed by atoms with Gasteiger partial charge in [-0.2, -0.15) is 0 Å². The highest BCUT2D eigenvalue weighted by atomic mass is 35.5. The topological polar surface area (TPSA) is 83.2 Å². The minimum atomic E-state index is -0.0284. The first kappa shape index (κ1) is 23.8. The number of likely N-dealkylation sites (tertiary alicyclic amines) is 1. The van der Waals surface area contributed by atoms with E-state index in [1.54, 1.807) is 45.6 Å². The van der Waals surface area contributed by atoms with E-state index < -0.39 is 0 Å². The first-order valence-electron chi connectivity index (χ1n) is 9.64. The van der Waals surface area contributed by atoms with Crippen molar-refractivity contribution in [2.45, 2.75) is 25.4 Å². The van der Waals surface area contributed by atoms with Gasteiger partial charge in [-0.15, -0.1) is 12.4 Å². The zero-order valence-electron chi connectivity index (χ0n) is 17.6. The van der Waals surface area contributed by atoms with E-state index in [1.807, 2.05) is 17.0 Å². The Bertz CT molecular complexity index is 861. The third kappa shape index (κ3) is 5.16. The molecule has 0 aliphatic carbocycles. The van der Waals surface area contributed by atoms with Crippen molar-refractivity contribution in [2.75, 3.05) is 34.5 Å². The molecule has 1 aliphatic rings. The van der Waals surface area contributed by atoms with E-state index >= 15 is 0 Å². The number of hydrogen-bond donors (Lipinski definition) is 1. The first-order chi connectivity index (χ1) is 14.1. The van der Waals surface area contributed by atoms with Gasteiger partial charge in [0, 0.05) is 25.8 Å². The lowest BCUT2D eigenvalue weighted by Gasteiger charge is -2.24. The monoisotopic (exact) mass is 436 g/mol. The Morgan fingerprint density at radius 1 is 1.03 bits per heavy atom. The molecule has 2 aromatic rings. The smallest absolute Gasteiger partial charge is 0.254 e. The third-order valence-corrected chi connectivity index (χ3v) is 5.09. The van der Waals surface area contributed by atoms with Crippen LogP contribution in [-0.2, 0) is 11.3 Å². The number of ether oxygens (including phenoxy) is 4. The summed E-state index contributed by atoms with van der Waals surface area (Å²) < 4.78 is 22.1. The van der Waals surface area contributed by atoms with Gasteiger partial charge in [0.05, 0.1) is 26.9 Å². The SMILES string of the molecule is COC[C@@H]1CCCN1C(=O)c1ccc(Oc2ccc(CN)cc2OC)c(OC)c1.Cl. The predicted molar refractivity (Wildman–Crippen MR) is 117 cm³/mol. The second-order valence-electron chi connectivity index (χ2n) is 6.91. The molecule has 1 saturated heterocycles. The van der Waals surface area contributed by atoms with Gasteiger partial charge in [0.2, 0.25) is 0 Å². The van der Waals surface area contributed by atoms with Gasteiger partial charge in [-0.3, -0.25) is 4.79 Å². The molecular weight excluding hydrogens is 408 g/mol. The lowest BCUT2D eigenvalue weighted by Crippen LogP contribution is -2.38. The molecule has 0 bridgehead atoms. The van der Waals surface area contributed by atoms with Gasteiger partial charge in [-0.25, -0.2) is 0 Å². The summed E-state index contributed by atoms with van der Waals surface area (Å²) in [6, 6.07) is 10.8. The fourth-order valence-corrected chi connectivity index (χ4v) is 3.56. The number of amides is 1. The highest BCUT2D eigenvalue weighted by molar-refractivity contribution is 5.95. The standard InChI is InChI=1S/C22H28N2O5.ClH/c1-26-14-17-5-4-10-24(17)22(25)16-7-9-19(21(12-16)28-3)29-18-8-6-15(13-23)11-20(18)27-2;/h6-9,11-12,17H,4-5,10,13-14,23H2,1-3H3;1H/t17-;/m0./s1. The number of halogens is 1. The maximum Gasteiger partial charge on any atom is 0.254 e. The molecule has 8 heteroatoms. The van der Waals surface area contributed by atoms with Gasteiger partial charge >= 0.3 is 0 Å². The molecule has 7 nitrogen and oxygen atoms in total. The molecule has 0 saturated carbocycles. The number of methoxy groups -OCH3 is 3. The number of rotatable bonds is 8. The Labute approximate surface area is 183 Å². The largest absolute Gasteiger partial charge is 0.493 e. The Balaban J connectivity index is 0.00000320. The molecule has 1 heterocycles. The number of nitrogens with zero attached hydrogens (tertiary/aromatic N) is 1. The number of hydrogen-bond acceptors (Lipinski definition) is 6. The zero-order chi connectivity index (χ0) is 20.8. The first-order valence-corrected chi connectivity index (χ1v) is 9.64. The van der Waals surface area contributed by atoms with E-state index in [4.69, 9.17) is 24.7 Å². The van der Waals surface area contributed by atoms with Crippen molar-refractivity contribution in [1.29, 1.82) is 0 Å². The Morgan fingerprint density at radius 3 is 2.33 bits per heavy atom. The van der Waals surface area contributed by atoms with Crippen LogP contribution < -0.4 is 19.9 Å². The summed E-state index contributed by atoms with van der Waals surface area (Å²) in [5.41, 5.74) is 7.19. The molecule has 3 rings (SSSR count). The Kier molecular flexibility index (Phi) is 8.77. The normalized spacial score (nSPS) is 15.5. The van der Waals surface area contributed by atoms with Crippen molar-refractivity contribution in [3.8, 4) is 23.0 Å². The summed E-state index contributed by atoms with van der Waals surface area (Å²) >= 11 is 0. The molecule has 2 aromatic carbocycles. The van der Waals surface area contributed by atoms with Gasteiger partial charge < -0.3 is 29.6 Å². The second kappa shape index (κ2) is 11.1. The van der Waals surface area contributed by atoms with E-state index in [2.05, 4.69) is 0 Å². The van der Waals surface area contributed by atoms with Crippen molar-refractivity contribution in [1.82, 2.24) is 4.90 Å². The minimum absolute atomic E-state index is 0. The van der Waals surface area contributed by atoms with Gasteiger partial charge in [0.15, 0.2) is 23.0 Å². The van der Waals surface area contributed by atoms with Gasteiger partial charge in [0.1, 0.15) is 0 Å². The lowest BCUT2D eigenvalue weighted by molar-refractivity contribution is 0.0630. The Morgan fingerprint density at radius 2 is 1.70 bits per heavy atom. The van der Waals surface area contributed by atoms with Crippen LogP contribution in [0.3, 0.4) is 0 Å². The number of carbonyl (C=O) groups is 1. The zero-order valence-corrected chi connectivity index (χ0v) is 18.4. The van der Waals surface area contributed by atoms with Crippen molar-refractivity contribution in [2.24, 2.45) is 5.73 Å². The second-order valence-corrected chi connectivity index (χ2v) is 6.91. The van der Waals surface area contributed by atoms with Crippen LogP contribution in [0, 0.1) is 0 Å². The predicted octanol–water partition coefficient (Wildman–Crippen LogP) is 3.63. The fourth-order valence-electron chi connectivity index (χ4n) is 3.56. The third-order valence-electron chi connectivity index (χ3n) is 5.09. The average Bonchev–Trinajstić information content (AvgIpc) is 3.22. The van der Waals surface area contributed by atoms with Crippen LogP contribution >= 0.6 is 12.4 Å². The van der Waals surface area contributed by atoms with Crippen LogP contribution in [0.2, 0.25) is 0 Å². The molecule has 0 radical (unpaired) electrons. The van der Waals surface area contributed by atoms with E-state index in [9.17, 15) is 4.79 Å². The number of benzene rings is 2. The van der Waals surface area contributed by atoms with Crippen LogP contribution in [0.1, 0.15) is 28.8 Å². The highest BCUT2D eigenvalue weighted by Crippen LogP contribution is 2.37. The molecular formula is C22H29ClN2O5. The number of nitrogens with two attached hydrogens (primary N) is 1. The molecule has 0 unspecified atom stereocenters. The van der Waals surface area contributed by atoms with Crippen LogP contribution in [0.4, 0.5) is 0 Å². The molecule has 30 heavy (non-hydrogen) atoms. The van der Waals surface area contributed by atoms with Crippen molar-refractivity contribution in [3.05, 3.63) is 47.5 Å². The number of carbonyl (C=O) groups excluding carboxylic acids is 1. The van der Waals surface area contributed by atoms with E-state index in [1.165, 1.54) is 0 Å². The molecule has 164 valence electrons. The summed E-state index contributed by atoms with van der Waals surface area (Å²) in [4.78, 5) is 14.9. The summed E-state index contributed by atoms with van der Waals surface area (Å²) in [6.45, 7) is 1.69. The van der Waals surface area contributed by atoms with E-state index in [0.717, 1.165) is 24.9 Å². The van der Waals surface area contributed by atoms with Crippen molar-refractivity contribution >= 4 is 18.3 Å². The molecule has 0 spiro atoms. The quantitative estimate of drug-likeness (QED) is 0.680. The fraction of sp³-hybridized carbons (Fsp3) is 0.409. The van der Waals surface area contributed by atoms with E-state index in [-0.39, 0.29) is 24.4 Å². The summed E-state index contributed by atoms with van der Waals surface area (Å²) in [6.07, 6.45) is 1.94. The molecule has 1 fully saturated rings. The van der Waals surface area contributed by atoms with Gasteiger partial charge in [-0.05, 0) is 48.7 Å². The van der Waals surface area contributed by atoms with Crippen molar-refractivity contribution < 1.29 is 23.7 Å². The molecule has 0 aromatic heterocycles.